The third kappa shape index (κ3) is 2.15. The summed E-state index contributed by atoms with van der Waals surface area (Å²) in [5, 5.41) is 9.38. The first-order valence-corrected chi connectivity index (χ1v) is 4.78. The minimum atomic E-state index is 0.564. The van der Waals surface area contributed by atoms with Gasteiger partial charge in [0.25, 0.3) is 0 Å². The molecule has 1 aromatic carbocycles. The van der Waals surface area contributed by atoms with E-state index in [1.165, 1.54) is 0 Å². The smallest absolute Gasteiger partial charge is 0.0992 e. The molecule has 0 atom stereocenters. The summed E-state index contributed by atoms with van der Waals surface area (Å²) in [5.41, 5.74) is 2.50. The van der Waals surface area contributed by atoms with Gasteiger partial charge in [0.2, 0.25) is 0 Å². The van der Waals surface area contributed by atoms with Gasteiger partial charge in [-0.05, 0) is 41.5 Å². The van der Waals surface area contributed by atoms with Crippen LogP contribution in [0.15, 0.2) is 42.7 Å². The number of halogens is 1. The summed E-state index contributed by atoms with van der Waals surface area (Å²) < 4.78 is 0. The minimum absolute atomic E-state index is 0.564. The van der Waals surface area contributed by atoms with Gasteiger partial charge in [-0.15, -0.1) is 0 Å². The van der Waals surface area contributed by atoms with Gasteiger partial charge >= 0.3 is 0 Å². The van der Waals surface area contributed by atoms with Crippen LogP contribution in [0.1, 0.15) is 5.56 Å². The fraction of sp³-hybridized carbons (Fsp3) is 0. The first-order valence-electron chi connectivity index (χ1n) is 4.41. The van der Waals surface area contributed by atoms with E-state index in [0.29, 0.717) is 10.6 Å². The molecule has 0 fully saturated rings. The van der Waals surface area contributed by atoms with Crippen molar-refractivity contribution in [2.75, 3.05) is 0 Å². The van der Waals surface area contributed by atoms with Crippen molar-refractivity contribution in [1.29, 1.82) is 5.26 Å². The third-order valence-electron chi connectivity index (χ3n) is 2.04. The molecule has 2 nitrogen and oxygen atoms in total. The van der Waals surface area contributed by atoms with E-state index in [4.69, 9.17) is 16.9 Å². The van der Waals surface area contributed by atoms with Crippen LogP contribution in [0.5, 0.6) is 0 Å². The molecule has 0 N–H and O–H groups in total. The van der Waals surface area contributed by atoms with Gasteiger partial charge in [0, 0.05) is 17.4 Å². The van der Waals surface area contributed by atoms with Crippen molar-refractivity contribution in [2.24, 2.45) is 0 Å². The molecule has 0 radical (unpaired) electrons. The second kappa shape index (κ2) is 4.12. The summed E-state index contributed by atoms with van der Waals surface area (Å²) >= 11 is 5.91. The summed E-state index contributed by atoms with van der Waals surface area (Å²) in [7, 11) is 0. The van der Waals surface area contributed by atoms with Gasteiger partial charge in [0.1, 0.15) is 0 Å². The van der Waals surface area contributed by atoms with E-state index >= 15 is 0 Å². The summed E-state index contributed by atoms with van der Waals surface area (Å²) in [6, 6.07) is 11.1. The molecule has 0 spiro atoms. The zero-order valence-electron chi connectivity index (χ0n) is 7.81. The van der Waals surface area contributed by atoms with Gasteiger partial charge in [0.05, 0.1) is 11.6 Å². The topological polar surface area (TPSA) is 36.7 Å². The zero-order chi connectivity index (χ0) is 10.7. The number of benzene rings is 1. The molecule has 0 aliphatic heterocycles. The van der Waals surface area contributed by atoms with Gasteiger partial charge < -0.3 is 0 Å². The van der Waals surface area contributed by atoms with E-state index in [-0.39, 0.29) is 0 Å². The molecule has 1 aromatic heterocycles. The number of nitrogens with zero attached hydrogens (tertiary/aromatic N) is 2. The van der Waals surface area contributed by atoms with E-state index in [0.717, 1.165) is 11.1 Å². The molecule has 2 rings (SSSR count). The summed E-state index contributed by atoms with van der Waals surface area (Å²) in [4.78, 5) is 3.94. The Kier molecular flexibility index (Phi) is 2.66. The van der Waals surface area contributed by atoms with Crippen molar-refractivity contribution in [3.63, 3.8) is 0 Å². The first-order chi connectivity index (χ1) is 7.29. The summed E-state index contributed by atoms with van der Waals surface area (Å²) in [6.07, 6.45) is 3.42. The van der Waals surface area contributed by atoms with Crippen molar-refractivity contribution in [3.8, 4) is 17.2 Å². The number of aromatic nitrogens is 1. The Morgan fingerprint density at radius 1 is 1.07 bits per heavy atom. The van der Waals surface area contributed by atoms with Gasteiger partial charge in [0.15, 0.2) is 0 Å². The van der Waals surface area contributed by atoms with Crippen LogP contribution in [0.3, 0.4) is 0 Å². The van der Waals surface area contributed by atoms with Crippen LogP contribution in [0.25, 0.3) is 11.1 Å². The van der Waals surface area contributed by atoms with Crippen LogP contribution < -0.4 is 0 Å². The predicted octanol–water partition coefficient (Wildman–Crippen LogP) is 3.27. The van der Waals surface area contributed by atoms with Crippen LogP contribution in [-0.2, 0) is 0 Å². The van der Waals surface area contributed by atoms with Crippen molar-refractivity contribution in [2.45, 2.75) is 0 Å². The molecule has 0 unspecified atom stereocenters. The molecule has 0 saturated carbocycles. The Labute approximate surface area is 92.8 Å². The van der Waals surface area contributed by atoms with Crippen LogP contribution in [0.2, 0.25) is 5.02 Å². The molecule has 0 amide bonds. The molecule has 3 heteroatoms. The molecule has 15 heavy (non-hydrogen) atoms. The Morgan fingerprint density at radius 3 is 2.47 bits per heavy atom. The third-order valence-corrected chi connectivity index (χ3v) is 2.26. The maximum Gasteiger partial charge on any atom is 0.0992 e. The predicted molar refractivity (Wildman–Crippen MR) is 59.4 cm³/mol. The number of pyridine rings is 1. The SMILES string of the molecule is N#Cc1cc(Cl)cc(-c2ccncc2)c1. The van der Waals surface area contributed by atoms with Crippen LogP contribution >= 0.6 is 11.6 Å². The zero-order valence-corrected chi connectivity index (χ0v) is 8.57. The highest BCUT2D eigenvalue weighted by atomic mass is 35.5. The fourth-order valence-electron chi connectivity index (χ4n) is 1.37. The number of nitriles is 1. The van der Waals surface area contributed by atoms with Gasteiger partial charge in [-0.1, -0.05) is 11.6 Å². The Hall–Kier alpha value is -1.85. The lowest BCUT2D eigenvalue weighted by Crippen LogP contribution is -1.81. The van der Waals surface area contributed by atoms with E-state index in [2.05, 4.69) is 11.1 Å². The average Bonchev–Trinajstić information content (AvgIpc) is 2.29. The average molecular weight is 215 g/mol. The maximum absolute atomic E-state index is 8.81. The van der Waals surface area contributed by atoms with E-state index in [9.17, 15) is 0 Å². The lowest BCUT2D eigenvalue weighted by molar-refractivity contribution is 1.33. The number of hydrogen-bond donors (Lipinski definition) is 0. The second-order valence-electron chi connectivity index (χ2n) is 3.08. The van der Waals surface area contributed by atoms with Gasteiger partial charge in [-0.3, -0.25) is 4.98 Å². The minimum Gasteiger partial charge on any atom is -0.265 e. The molecular formula is C12H7ClN2. The first kappa shape index (κ1) is 9.70. The standard InChI is InChI=1S/C12H7ClN2/c13-12-6-9(8-14)5-11(7-12)10-1-3-15-4-2-10/h1-7H. The van der Waals surface area contributed by atoms with E-state index in [1.54, 1.807) is 24.5 Å². The van der Waals surface area contributed by atoms with Gasteiger partial charge in [-0.2, -0.15) is 5.26 Å². The quantitative estimate of drug-likeness (QED) is 0.731. The van der Waals surface area contributed by atoms with Crippen molar-refractivity contribution < 1.29 is 0 Å². The fourth-order valence-corrected chi connectivity index (χ4v) is 1.60. The van der Waals surface area contributed by atoms with Crippen LogP contribution in [-0.4, -0.2) is 4.98 Å². The largest absolute Gasteiger partial charge is 0.265 e. The number of rotatable bonds is 1. The highest BCUT2D eigenvalue weighted by Gasteiger charge is 2.01. The van der Waals surface area contributed by atoms with Crippen molar-refractivity contribution in [1.82, 2.24) is 4.98 Å². The lowest BCUT2D eigenvalue weighted by Gasteiger charge is -2.02. The van der Waals surface area contributed by atoms with Gasteiger partial charge in [-0.25, -0.2) is 0 Å². The number of hydrogen-bond acceptors (Lipinski definition) is 2. The molecule has 0 bridgehead atoms. The maximum atomic E-state index is 8.81. The van der Waals surface area contributed by atoms with Crippen LogP contribution in [0.4, 0.5) is 0 Å². The molecule has 2 aromatic rings. The molecule has 0 aliphatic carbocycles. The van der Waals surface area contributed by atoms with E-state index in [1.807, 2.05) is 18.2 Å². The second-order valence-corrected chi connectivity index (χ2v) is 3.51. The van der Waals surface area contributed by atoms with E-state index < -0.39 is 0 Å². The Balaban J connectivity index is 2.55. The molecule has 1 heterocycles. The summed E-state index contributed by atoms with van der Waals surface area (Å²) in [5.74, 6) is 0. The highest BCUT2D eigenvalue weighted by molar-refractivity contribution is 6.31. The van der Waals surface area contributed by atoms with Crippen molar-refractivity contribution >= 4 is 11.6 Å². The molecule has 0 aliphatic rings. The molecule has 0 saturated heterocycles. The molecule has 72 valence electrons. The van der Waals surface area contributed by atoms with Crippen LogP contribution in [0, 0.1) is 11.3 Å². The van der Waals surface area contributed by atoms with Crippen molar-refractivity contribution in [3.05, 3.63) is 53.3 Å². The monoisotopic (exact) mass is 214 g/mol. The summed E-state index contributed by atoms with van der Waals surface area (Å²) in [6.45, 7) is 0. The molecular weight excluding hydrogens is 208 g/mol. The lowest BCUT2D eigenvalue weighted by atomic mass is 10.0. The Bertz CT molecular complexity index is 515. The normalized spacial score (nSPS) is 9.60. The Morgan fingerprint density at radius 2 is 1.80 bits per heavy atom. The highest BCUT2D eigenvalue weighted by Crippen LogP contribution is 2.23.